The highest BCUT2D eigenvalue weighted by atomic mass is 16.5. The van der Waals surface area contributed by atoms with Crippen LogP contribution in [0.25, 0.3) is 0 Å². The summed E-state index contributed by atoms with van der Waals surface area (Å²) in [5, 5.41) is 11.3. The fraction of sp³-hybridized carbons (Fsp3) is 0.688. The molecule has 1 saturated carbocycles. The van der Waals surface area contributed by atoms with Crippen molar-refractivity contribution in [2.45, 2.75) is 104 Å². The van der Waals surface area contributed by atoms with E-state index in [1.807, 2.05) is 6.07 Å². The Balaban J connectivity index is 1.50. The van der Waals surface area contributed by atoms with Crippen molar-refractivity contribution < 1.29 is 14.6 Å². The predicted octanol–water partition coefficient (Wildman–Crippen LogP) is 8.01. The van der Waals surface area contributed by atoms with Crippen LogP contribution in [0.4, 0.5) is 0 Å². The van der Waals surface area contributed by atoms with E-state index < -0.39 is 6.10 Å². The number of benzene rings is 1. The number of fused-ring (bicyclic) bond motifs is 2. The molecule has 0 radical (unpaired) electrons. The summed E-state index contributed by atoms with van der Waals surface area (Å²) < 4.78 is 11.2. The van der Waals surface area contributed by atoms with Gasteiger partial charge in [0.1, 0.15) is 11.5 Å². The fourth-order valence-corrected chi connectivity index (χ4v) is 8.11. The zero-order chi connectivity index (χ0) is 25.4. The van der Waals surface area contributed by atoms with Crippen LogP contribution in [0.3, 0.4) is 0 Å². The summed E-state index contributed by atoms with van der Waals surface area (Å²) in [6.45, 7) is 12.1. The van der Waals surface area contributed by atoms with Gasteiger partial charge in [0.25, 0.3) is 0 Å². The van der Waals surface area contributed by atoms with Crippen molar-refractivity contribution in [3.8, 4) is 11.5 Å². The molecule has 3 aliphatic carbocycles. The highest BCUT2D eigenvalue weighted by Gasteiger charge is 2.51. The van der Waals surface area contributed by atoms with E-state index in [1.165, 1.54) is 48.8 Å². The van der Waals surface area contributed by atoms with Crippen molar-refractivity contribution in [2.75, 3.05) is 14.2 Å². The molecule has 3 aliphatic rings. The average molecular weight is 481 g/mol. The molecule has 1 N–H and O–H groups in total. The van der Waals surface area contributed by atoms with E-state index in [2.05, 4.69) is 52.8 Å². The van der Waals surface area contributed by atoms with E-state index in [9.17, 15) is 5.11 Å². The van der Waals surface area contributed by atoms with Crippen molar-refractivity contribution in [3.63, 3.8) is 0 Å². The molecule has 0 amide bonds. The number of hydrogen-bond acceptors (Lipinski definition) is 3. The maximum absolute atomic E-state index is 11.3. The standard InChI is InChI=1S/C32H48O3/c1-21(12-14-27-22(2)13-15-30-31(3,4)16-9-17-32(27,30)5)18-28(33)24-10-8-11-25-26(24)19-23(34-6)20-29(25)35-7/h13,18-20,24,27-28,30,33H,8-12,14-17H2,1-7H3/b21-18+/t24-,27-,28-,30-,32+/m1/s1. The molecule has 0 aliphatic heterocycles. The number of ether oxygens (including phenoxy) is 2. The summed E-state index contributed by atoms with van der Waals surface area (Å²) in [6.07, 6.45) is 14.8. The van der Waals surface area contributed by atoms with Gasteiger partial charge in [-0.15, -0.1) is 0 Å². The zero-order valence-corrected chi connectivity index (χ0v) is 23.2. The van der Waals surface area contributed by atoms with Gasteiger partial charge in [-0.25, -0.2) is 0 Å². The molecule has 0 heterocycles. The molecule has 0 unspecified atom stereocenters. The average Bonchev–Trinajstić information content (AvgIpc) is 2.81. The number of rotatable bonds is 7. The zero-order valence-electron chi connectivity index (χ0n) is 23.2. The number of hydrogen-bond donors (Lipinski definition) is 1. The lowest BCUT2D eigenvalue weighted by atomic mass is 9.48. The monoisotopic (exact) mass is 480 g/mol. The van der Waals surface area contributed by atoms with E-state index in [0.717, 1.165) is 43.1 Å². The fourth-order valence-electron chi connectivity index (χ4n) is 8.11. The summed E-state index contributed by atoms with van der Waals surface area (Å²) >= 11 is 0. The molecule has 4 rings (SSSR count). The van der Waals surface area contributed by atoms with Crippen LogP contribution in [-0.4, -0.2) is 25.4 Å². The topological polar surface area (TPSA) is 38.7 Å². The first-order valence-corrected chi connectivity index (χ1v) is 13.9. The maximum atomic E-state index is 11.3. The molecule has 1 aromatic carbocycles. The van der Waals surface area contributed by atoms with Gasteiger partial charge in [0.2, 0.25) is 0 Å². The Morgan fingerprint density at radius 1 is 1.14 bits per heavy atom. The summed E-state index contributed by atoms with van der Waals surface area (Å²) in [4.78, 5) is 0. The first-order chi connectivity index (χ1) is 16.6. The molecule has 3 nitrogen and oxygen atoms in total. The minimum absolute atomic E-state index is 0.0926. The molecule has 0 saturated heterocycles. The minimum atomic E-state index is -0.481. The molecule has 0 aromatic heterocycles. The molecule has 1 fully saturated rings. The lowest BCUT2D eigenvalue weighted by molar-refractivity contribution is -0.0390. The molecule has 0 bridgehead atoms. The number of aliphatic hydroxyl groups is 1. The molecule has 3 heteroatoms. The van der Waals surface area contributed by atoms with E-state index in [0.29, 0.717) is 16.7 Å². The summed E-state index contributed by atoms with van der Waals surface area (Å²) in [7, 11) is 3.42. The Morgan fingerprint density at radius 3 is 2.63 bits per heavy atom. The van der Waals surface area contributed by atoms with Gasteiger partial charge in [-0.05, 0) is 105 Å². The van der Waals surface area contributed by atoms with Gasteiger partial charge in [0.05, 0.1) is 20.3 Å². The third-order valence-electron chi connectivity index (χ3n) is 10.0. The first-order valence-electron chi connectivity index (χ1n) is 13.9. The third kappa shape index (κ3) is 5.08. The number of methoxy groups -OCH3 is 2. The first kappa shape index (κ1) is 26.3. The van der Waals surface area contributed by atoms with E-state index in [1.54, 1.807) is 19.8 Å². The van der Waals surface area contributed by atoms with Gasteiger partial charge in [-0.3, -0.25) is 0 Å². The van der Waals surface area contributed by atoms with E-state index in [4.69, 9.17) is 9.47 Å². The van der Waals surface area contributed by atoms with Crippen molar-refractivity contribution in [1.82, 2.24) is 0 Å². The molecule has 0 spiro atoms. The lowest BCUT2D eigenvalue weighted by Gasteiger charge is -2.57. The second-order valence-corrected chi connectivity index (χ2v) is 12.6. The molecule has 5 atom stereocenters. The second kappa shape index (κ2) is 10.3. The Kier molecular flexibility index (Phi) is 7.77. The van der Waals surface area contributed by atoms with Crippen LogP contribution < -0.4 is 9.47 Å². The molecule has 194 valence electrons. The molecular formula is C32H48O3. The largest absolute Gasteiger partial charge is 0.497 e. The SMILES string of the molecule is COc1cc(OC)c2c(c1)[C@H]([C@H](O)/C=C(\C)CC[C@@H]1C(C)=CC[C@@H]3C(C)(C)CCC[C@@]13C)CCC2. The van der Waals surface area contributed by atoms with Gasteiger partial charge in [0.15, 0.2) is 0 Å². The Hall–Kier alpha value is -1.74. The smallest absolute Gasteiger partial charge is 0.126 e. The van der Waals surface area contributed by atoms with Crippen LogP contribution in [0.15, 0.2) is 35.4 Å². The summed E-state index contributed by atoms with van der Waals surface area (Å²) in [6, 6.07) is 4.07. The summed E-state index contributed by atoms with van der Waals surface area (Å²) in [5.41, 5.74) is 6.16. The van der Waals surface area contributed by atoms with Gasteiger partial charge in [-0.1, -0.05) is 50.5 Å². The number of allylic oxidation sites excluding steroid dienone is 3. The Labute approximate surface area is 214 Å². The van der Waals surface area contributed by atoms with Crippen LogP contribution in [0.5, 0.6) is 11.5 Å². The summed E-state index contributed by atoms with van der Waals surface area (Å²) in [5.74, 6) is 3.20. The predicted molar refractivity (Wildman–Crippen MR) is 145 cm³/mol. The molecule has 35 heavy (non-hydrogen) atoms. The van der Waals surface area contributed by atoms with E-state index >= 15 is 0 Å². The Bertz CT molecular complexity index is 971. The van der Waals surface area contributed by atoms with Gasteiger partial charge in [0, 0.05) is 12.0 Å². The van der Waals surface area contributed by atoms with Crippen LogP contribution in [-0.2, 0) is 6.42 Å². The molecular weight excluding hydrogens is 432 g/mol. The lowest BCUT2D eigenvalue weighted by Crippen LogP contribution is -2.48. The number of aliphatic hydroxyl groups excluding tert-OH is 1. The Morgan fingerprint density at radius 2 is 1.91 bits per heavy atom. The highest BCUT2D eigenvalue weighted by molar-refractivity contribution is 5.50. The van der Waals surface area contributed by atoms with Crippen LogP contribution in [0, 0.1) is 22.7 Å². The van der Waals surface area contributed by atoms with Crippen LogP contribution >= 0.6 is 0 Å². The van der Waals surface area contributed by atoms with Crippen molar-refractivity contribution in [1.29, 1.82) is 0 Å². The van der Waals surface area contributed by atoms with Gasteiger partial charge < -0.3 is 14.6 Å². The van der Waals surface area contributed by atoms with Gasteiger partial charge >= 0.3 is 0 Å². The van der Waals surface area contributed by atoms with E-state index in [-0.39, 0.29) is 5.92 Å². The highest BCUT2D eigenvalue weighted by Crippen LogP contribution is 2.60. The maximum Gasteiger partial charge on any atom is 0.126 e. The van der Waals surface area contributed by atoms with Crippen molar-refractivity contribution >= 4 is 0 Å². The van der Waals surface area contributed by atoms with Crippen LogP contribution in [0.2, 0.25) is 0 Å². The quantitative estimate of drug-likeness (QED) is 0.402. The minimum Gasteiger partial charge on any atom is -0.497 e. The van der Waals surface area contributed by atoms with Crippen LogP contribution in [0.1, 0.15) is 103 Å². The van der Waals surface area contributed by atoms with Crippen molar-refractivity contribution in [3.05, 3.63) is 46.6 Å². The molecule has 1 aromatic rings. The second-order valence-electron chi connectivity index (χ2n) is 12.6. The van der Waals surface area contributed by atoms with Crippen molar-refractivity contribution in [2.24, 2.45) is 22.7 Å². The van der Waals surface area contributed by atoms with Gasteiger partial charge in [-0.2, -0.15) is 0 Å². The third-order valence-corrected chi connectivity index (χ3v) is 10.0. The normalized spacial score (nSPS) is 31.1.